The van der Waals surface area contributed by atoms with Gasteiger partial charge in [-0.05, 0) is 25.0 Å². The monoisotopic (exact) mass is 425 g/mol. The summed E-state index contributed by atoms with van der Waals surface area (Å²) in [6.07, 6.45) is -1.91. The van der Waals surface area contributed by atoms with Crippen LogP contribution in [0.4, 0.5) is 23.4 Å². The Labute approximate surface area is 171 Å². The molecule has 0 aromatic carbocycles. The summed E-state index contributed by atoms with van der Waals surface area (Å²) in [5.41, 5.74) is -0.412. The number of nitrogens with one attached hydrogen (secondary N) is 1. The average molecular weight is 425 g/mol. The fourth-order valence-corrected chi connectivity index (χ4v) is 3.65. The van der Waals surface area contributed by atoms with Crippen LogP contribution in [0.3, 0.4) is 0 Å². The van der Waals surface area contributed by atoms with Crippen LogP contribution in [0.25, 0.3) is 11.3 Å². The van der Waals surface area contributed by atoms with Crippen LogP contribution < -0.4 is 5.32 Å². The second-order valence-electron chi connectivity index (χ2n) is 8.56. The van der Waals surface area contributed by atoms with Crippen LogP contribution in [0.5, 0.6) is 0 Å². The number of alkyl halides is 3. The van der Waals surface area contributed by atoms with Gasteiger partial charge in [-0.25, -0.2) is 4.39 Å². The Morgan fingerprint density at radius 1 is 1.23 bits per heavy atom. The van der Waals surface area contributed by atoms with E-state index in [0.717, 1.165) is 45.1 Å². The van der Waals surface area contributed by atoms with Crippen molar-refractivity contribution in [3.8, 4) is 11.3 Å². The third-order valence-corrected chi connectivity index (χ3v) is 5.68. The lowest BCUT2D eigenvalue weighted by Crippen LogP contribution is -2.36. The number of rotatable bonds is 5. The Morgan fingerprint density at radius 2 is 1.97 bits per heavy atom. The molecule has 0 saturated heterocycles. The van der Waals surface area contributed by atoms with Gasteiger partial charge in [0.1, 0.15) is 5.82 Å². The molecular formula is C20H23F4N5O. The summed E-state index contributed by atoms with van der Waals surface area (Å²) in [5, 5.41) is 6.98. The molecule has 4 rings (SSSR count). The van der Waals surface area contributed by atoms with Crippen LogP contribution in [0.2, 0.25) is 0 Å². The minimum Gasteiger partial charge on any atom is -0.309 e. The Bertz CT molecular complexity index is 947. The fourth-order valence-electron chi connectivity index (χ4n) is 3.65. The van der Waals surface area contributed by atoms with Crippen LogP contribution in [0.15, 0.2) is 18.3 Å². The molecule has 2 aliphatic rings. The second-order valence-corrected chi connectivity index (χ2v) is 8.56. The molecule has 0 unspecified atom stereocenters. The molecule has 1 aliphatic heterocycles. The minimum absolute atomic E-state index is 0.157. The van der Waals surface area contributed by atoms with E-state index in [2.05, 4.69) is 20.3 Å². The van der Waals surface area contributed by atoms with Crippen molar-refractivity contribution in [1.29, 1.82) is 0 Å². The highest BCUT2D eigenvalue weighted by molar-refractivity contribution is 5.94. The fraction of sp³-hybridized carbons (Fsp3) is 0.550. The molecule has 2 aromatic heterocycles. The zero-order valence-corrected chi connectivity index (χ0v) is 16.8. The summed E-state index contributed by atoms with van der Waals surface area (Å²) in [5.74, 6) is -1.13. The maximum atomic E-state index is 13.4. The highest BCUT2D eigenvalue weighted by Gasteiger charge is 2.48. The van der Waals surface area contributed by atoms with Crippen molar-refractivity contribution in [3.05, 3.63) is 29.8 Å². The molecule has 0 bridgehead atoms. The Kier molecular flexibility index (Phi) is 5.08. The van der Waals surface area contributed by atoms with Crippen LogP contribution in [-0.2, 0) is 17.9 Å². The first-order chi connectivity index (χ1) is 14.0. The van der Waals surface area contributed by atoms with E-state index in [-0.39, 0.29) is 5.82 Å². The Balaban J connectivity index is 1.66. The summed E-state index contributed by atoms with van der Waals surface area (Å²) in [7, 11) is 0. The number of carbonyl (C=O) groups is 1. The molecule has 1 aliphatic carbocycles. The molecule has 1 saturated carbocycles. The van der Waals surface area contributed by atoms with Gasteiger partial charge >= 0.3 is 6.18 Å². The summed E-state index contributed by atoms with van der Waals surface area (Å²) in [6.45, 7) is 3.98. The van der Waals surface area contributed by atoms with E-state index in [4.69, 9.17) is 0 Å². The number of halogens is 4. The predicted octanol–water partition coefficient (Wildman–Crippen LogP) is 3.98. The van der Waals surface area contributed by atoms with E-state index in [1.54, 1.807) is 4.68 Å². The molecule has 1 N–H and O–H groups in total. The van der Waals surface area contributed by atoms with Gasteiger partial charge in [0.25, 0.3) is 0 Å². The zero-order chi connectivity index (χ0) is 21.7. The van der Waals surface area contributed by atoms with Gasteiger partial charge in [-0.3, -0.25) is 19.4 Å². The predicted molar refractivity (Wildman–Crippen MR) is 102 cm³/mol. The van der Waals surface area contributed by atoms with E-state index in [0.29, 0.717) is 30.4 Å². The number of hydrogen-bond acceptors (Lipinski definition) is 4. The normalized spacial score (nSPS) is 17.7. The lowest BCUT2D eigenvalue weighted by molar-refractivity contribution is -0.213. The van der Waals surface area contributed by atoms with Crippen LogP contribution >= 0.6 is 0 Å². The molecule has 3 heterocycles. The molecule has 1 fully saturated rings. The number of amides is 1. The van der Waals surface area contributed by atoms with Gasteiger partial charge in [0.15, 0.2) is 5.82 Å². The molecule has 0 atom stereocenters. The number of carbonyl (C=O) groups excluding carboxylic acids is 1. The largest absolute Gasteiger partial charge is 0.394 e. The third kappa shape index (κ3) is 4.05. The number of anilines is 1. The van der Waals surface area contributed by atoms with Gasteiger partial charge in [0.05, 0.1) is 35.1 Å². The van der Waals surface area contributed by atoms with Crippen molar-refractivity contribution in [2.75, 3.05) is 11.9 Å². The molecular weight excluding hydrogens is 402 g/mol. The minimum atomic E-state index is -4.51. The number of pyridine rings is 1. The SMILES string of the molecule is CC(C)(CC(=O)Nc1nn2c(c1-c1ccc(F)cn1)CN(C1CC1)CC2)C(F)(F)F. The zero-order valence-electron chi connectivity index (χ0n) is 16.8. The van der Waals surface area contributed by atoms with E-state index >= 15 is 0 Å². The number of aromatic nitrogens is 3. The lowest BCUT2D eigenvalue weighted by Gasteiger charge is -2.28. The summed E-state index contributed by atoms with van der Waals surface area (Å²) in [4.78, 5) is 18.9. The summed E-state index contributed by atoms with van der Waals surface area (Å²) < 4.78 is 54.7. The molecule has 0 radical (unpaired) electrons. The molecule has 162 valence electrons. The Morgan fingerprint density at radius 3 is 2.57 bits per heavy atom. The van der Waals surface area contributed by atoms with Gasteiger partial charge in [0, 0.05) is 25.6 Å². The average Bonchev–Trinajstić information content (AvgIpc) is 3.43. The maximum Gasteiger partial charge on any atom is 0.394 e. The summed E-state index contributed by atoms with van der Waals surface area (Å²) >= 11 is 0. The van der Waals surface area contributed by atoms with Crippen LogP contribution in [0, 0.1) is 11.2 Å². The first kappa shape index (κ1) is 20.8. The highest BCUT2D eigenvalue weighted by atomic mass is 19.4. The second kappa shape index (κ2) is 7.33. The van der Waals surface area contributed by atoms with Crippen molar-refractivity contribution < 1.29 is 22.4 Å². The van der Waals surface area contributed by atoms with E-state index < -0.39 is 29.7 Å². The van der Waals surface area contributed by atoms with Gasteiger partial charge in [-0.2, -0.15) is 18.3 Å². The molecule has 30 heavy (non-hydrogen) atoms. The van der Waals surface area contributed by atoms with Gasteiger partial charge < -0.3 is 5.32 Å². The first-order valence-electron chi connectivity index (χ1n) is 9.87. The van der Waals surface area contributed by atoms with Gasteiger partial charge in [-0.1, -0.05) is 13.8 Å². The molecule has 0 spiro atoms. The standard InChI is InChI=1S/C20H23F4N5O/c1-19(2,20(22,23)24)9-16(30)26-18-17(14-6-3-12(21)10-25-14)15-11-28(13-4-5-13)7-8-29(15)27-18/h3,6,10,13H,4-5,7-9,11H2,1-2H3,(H,26,27,30). The number of fused-ring (bicyclic) bond motifs is 1. The maximum absolute atomic E-state index is 13.4. The van der Waals surface area contributed by atoms with Crippen molar-refractivity contribution in [1.82, 2.24) is 19.7 Å². The highest BCUT2D eigenvalue weighted by Crippen LogP contribution is 2.41. The summed E-state index contributed by atoms with van der Waals surface area (Å²) in [6, 6.07) is 3.26. The molecule has 1 amide bonds. The van der Waals surface area contributed by atoms with Crippen molar-refractivity contribution in [2.45, 2.75) is 58.4 Å². The van der Waals surface area contributed by atoms with Crippen LogP contribution in [0.1, 0.15) is 38.8 Å². The van der Waals surface area contributed by atoms with Crippen molar-refractivity contribution in [3.63, 3.8) is 0 Å². The van der Waals surface area contributed by atoms with Gasteiger partial charge in [0.2, 0.25) is 5.91 Å². The smallest absolute Gasteiger partial charge is 0.309 e. The van der Waals surface area contributed by atoms with Crippen molar-refractivity contribution >= 4 is 11.7 Å². The van der Waals surface area contributed by atoms with Crippen LogP contribution in [-0.4, -0.2) is 44.3 Å². The quantitative estimate of drug-likeness (QED) is 0.737. The number of hydrogen-bond donors (Lipinski definition) is 1. The number of nitrogens with zero attached hydrogens (tertiary/aromatic N) is 4. The molecule has 10 heteroatoms. The van der Waals surface area contributed by atoms with Crippen molar-refractivity contribution in [2.24, 2.45) is 5.41 Å². The first-order valence-corrected chi connectivity index (χ1v) is 9.87. The third-order valence-electron chi connectivity index (χ3n) is 5.68. The topological polar surface area (TPSA) is 63.1 Å². The van der Waals surface area contributed by atoms with E-state index in [1.165, 1.54) is 12.1 Å². The molecule has 2 aromatic rings. The lowest BCUT2D eigenvalue weighted by atomic mass is 9.88. The Hall–Kier alpha value is -2.49. The molecule has 6 nitrogen and oxygen atoms in total. The van der Waals surface area contributed by atoms with Gasteiger partial charge in [-0.15, -0.1) is 0 Å². The van der Waals surface area contributed by atoms with E-state index in [9.17, 15) is 22.4 Å². The van der Waals surface area contributed by atoms with E-state index in [1.807, 2.05) is 0 Å².